The molecule has 0 bridgehead atoms. The van der Waals surface area contributed by atoms with Gasteiger partial charge in [0.05, 0.1) is 0 Å². The number of para-hydroxylation sites is 1. The first-order chi connectivity index (χ1) is 11.1. The standard InChI is InChI=1S/C19H24N2OS/c1-15-12-17(14-21(15)18-6-4-3-5-7-18)20-13-16-8-10-19(11-9-16)23(2)22/h3-11,15,17,20H,12-14H2,1-2H3/t15-,17-,23-/m0/s1. The molecule has 122 valence electrons. The molecule has 0 aromatic heterocycles. The zero-order valence-corrected chi connectivity index (χ0v) is 14.6. The highest BCUT2D eigenvalue weighted by atomic mass is 32.2. The van der Waals surface area contributed by atoms with Crippen LogP contribution in [-0.2, 0) is 17.3 Å². The first-order valence-corrected chi connectivity index (χ1v) is 9.67. The second kappa shape index (κ2) is 7.28. The van der Waals surface area contributed by atoms with Crippen molar-refractivity contribution in [2.75, 3.05) is 17.7 Å². The Morgan fingerprint density at radius 2 is 1.83 bits per heavy atom. The van der Waals surface area contributed by atoms with Gasteiger partial charge in [-0.05, 0) is 43.2 Å². The van der Waals surface area contributed by atoms with Gasteiger partial charge in [0.25, 0.3) is 0 Å². The largest absolute Gasteiger partial charge is 0.367 e. The molecule has 1 saturated heterocycles. The number of benzene rings is 2. The van der Waals surface area contributed by atoms with E-state index < -0.39 is 10.8 Å². The van der Waals surface area contributed by atoms with E-state index in [2.05, 4.69) is 59.6 Å². The fourth-order valence-electron chi connectivity index (χ4n) is 3.22. The summed E-state index contributed by atoms with van der Waals surface area (Å²) in [5.74, 6) is 0. The van der Waals surface area contributed by atoms with Crippen molar-refractivity contribution in [3.8, 4) is 0 Å². The Hall–Kier alpha value is -1.65. The number of anilines is 1. The Bertz CT molecular complexity index is 657. The molecular weight excluding hydrogens is 304 g/mol. The van der Waals surface area contributed by atoms with E-state index in [1.165, 1.54) is 11.3 Å². The highest BCUT2D eigenvalue weighted by Gasteiger charge is 2.28. The van der Waals surface area contributed by atoms with Gasteiger partial charge in [-0.1, -0.05) is 30.3 Å². The van der Waals surface area contributed by atoms with Gasteiger partial charge in [-0.3, -0.25) is 4.21 Å². The van der Waals surface area contributed by atoms with Crippen molar-refractivity contribution in [2.24, 2.45) is 0 Å². The number of hydrogen-bond donors (Lipinski definition) is 1. The van der Waals surface area contributed by atoms with Crippen LogP contribution in [-0.4, -0.2) is 29.1 Å². The fourth-order valence-corrected chi connectivity index (χ4v) is 3.74. The Balaban J connectivity index is 1.56. The Kier molecular flexibility index (Phi) is 5.13. The maximum atomic E-state index is 11.4. The summed E-state index contributed by atoms with van der Waals surface area (Å²) in [7, 11) is -0.901. The highest BCUT2D eigenvalue weighted by molar-refractivity contribution is 7.84. The van der Waals surface area contributed by atoms with Crippen LogP contribution in [0.15, 0.2) is 59.5 Å². The minimum atomic E-state index is -0.901. The average molecular weight is 328 g/mol. The molecule has 2 aromatic rings. The van der Waals surface area contributed by atoms with E-state index >= 15 is 0 Å². The van der Waals surface area contributed by atoms with Crippen LogP contribution in [0.2, 0.25) is 0 Å². The normalized spacial score (nSPS) is 22.3. The molecule has 0 saturated carbocycles. The third-order valence-corrected chi connectivity index (χ3v) is 5.45. The third kappa shape index (κ3) is 4.01. The number of nitrogens with one attached hydrogen (secondary N) is 1. The molecular formula is C19H24N2OS. The summed E-state index contributed by atoms with van der Waals surface area (Å²) in [4.78, 5) is 3.36. The predicted molar refractivity (Wildman–Crippen MR) is 97.3 cm³/mol. The number of nitrogens with zero attached hydrogens (tertiary/aromatic N) is 1. The van der Waals surface area contributed by atoms with Gasteiger partial charge in [-0.2, -0.15) is 0 Å². The van der Waals surface area contributed by atoms with Crippen molar-refractivity contribution in [3.05, 3.63) is 60.2 Å². The zero-order valence-electron chi connectivity index (χ0n) is 13.7. The summed E-state index contributed by atoms with van der Waals surface area (Å²) >= 11 is 0. The number of hydrogen-bond acceptors (Lipinski definition) is 3. The minimum Gasteiger partial charge on any atom is -0.367 e. The lowest BCUT2D eigenvalue weighted by atomic mass is 10.1. The van der Waals surface area contributed by atoms with Crippen molar-refractivity contribution >= 4 is 16.5 Å². The first-order valence-electron chi connectivity index (χ1n) is 8.11. The maximum Gasteiger partial charge on any atom is 0.0498 e. The van der Waals surface area contributed by atoms with Crippen LogP contribution in [0.5, 0.6) is 0 Å². The highest BCUT2D eigenvalue weighted by Crippen LogP contribution is 2.25. The van der Waals surface area contributed by atoms with Crippen molar-refractivity contribution in [3.63, 3.8) is 0 Å². The van der Waals surface area contributed by atoms with Crippen LogP contribution < -0.4 is 10.2 Å². The monoisotopic (exact) mass is 328 g/mol. The van der Waals surface area contributed by atoms with Crippen LogP contribution >= 0.6 is 0 Å². The van der Waals surface area contributed by atoms with Crippen LogP contribution in [0.1, 0.15) is 18.9 Å². The van der Waals surface area contributed by atoms with E-state index in [4.69, 9.17) is 0 Å². The van der Waals surface area contributed by atoms with Gasteiger partial charge in [0.1, 0.15) is 0 Å². The lowest BCUT2D eigenvalue weighted by Crippen LogP contribution is -2.32. The molecule has 3 atom stereocenters. The van der Waals surface area contributed by atoms with Crippen LogP contribution in [0, 0.1) is 0 Å². The lowest BCUT2D eigenvalue weighted by Gasteiger charge is -2.23. The van der Waals surface area contributed by atoms with Gasteiger partial charge in [0.15, 0.2) is 0 Å². The van der Waals surface area contributed by atoms with E-state index in [1.54, 1.807) is 6.26 Å². The summed E-state index contributed by atoms with van der Waals surface area (Å²) in [5, 5.41) is 3.66. The second-order valence-corrected chi connectivity index (χ2v) is 7.63. The van der Waals surface area contributed by atoms with Gasteiger partial charge >= 0.3 is 0 Å². The Labute approximate surface area is 141 Å². The SMILES string of the molecule is C[C@H]1C[C@H](NCc2ccc([S@](C)=O)cc2)CN1c1ccccc1. The zero-order chi connectivity index (χ0) is 16.2. The first kappa shape index (κ1) is 16.2. The summed E-state index contributed by atoms with van der Waals surface area (Å²) in [6.45, 7) is 4.19. The smallest absolute Gasteiger partial charge is 0.0498 e. The molecule has 4 heteroatoms. The van der Waals surface area contributed by atoms with Crippen molar-refractivity contribution < 1.29 is 4.21 Å². The molecule has 1 heterocycles. The van der Waals surface area contributed by atoms with E-state index in [0.717, 1.165) is 24.4 Å². The van der Waals surface area contributed by atoms with Crippen molar-refractivity contribution in [1.29, 1.82) is 0 Å². The predicted octanol–water partition coefficient (Wildman–Crippen LogP) is 3.18. The molecule has 3 nitrogen and oxygen atoms in total. The van der Waals surface area contributed by atoms with Crippen LogP contribution in [0.4, 0.5) is 5.69 Å². The van der Waals surface area contributed by atoms with Gasteiger partial charge in [0, 0.05) is 52.8 Å². The average Bonchev–Trinajstić information content (AvgIpc) is 2.95. The van der Waals surface area contributed by atoms with E-state index in [9.17, 15) is 4.21 Å². The van der Waals surface area contributed by atoms with E-state index in [-0.39, 0.29) is 0 Å². The molecule has 0 spiro atoms. The second-order valence-electron chi connectivity index (χ2n) is 6.25. The molecule has 0 radical (unpaired) electrons. The molecule has 0 aliphatic carbocycles. The Morgan fingerprint density at radius 3 is 2.48 bits per heavy atom. The third-order valence-electron chi connectivity index (χ3n) is 4.51. The van der Waals surface area contributed by atoms with Crippen LogP contribution in [0.25, 0.3) is 0 Å². The lowest BCUT2D eigenvalue weighted by molar-refractivity contribution is 0.538. The van der Waals surface area contributed by atoms with Gasteiger partial charge in [-0.25, -0.2) is 0 Å². The topological polar surface area (TPSA) is 32.3 Å². The minimum absolute atomic E-state index is 0.505. The van der Waals surface area contributed by atoms with Gasteiger partial charge < -0.3 is 10.2 Å². The van der Waals surface area contributed by atoms with E-state index in [1.807, 2.05) is 12.1 Å². The quantitative estimate of drug-likeness (QED) is 0.915. The summed E-state index contributed by atoms with van der Waals surface area (Å²) in [6, 6.07) is 19.7. The molecule has 1 N–H and O–H groups in total. The molecule has 1 aliphatic rings. The Morgan fingerprint density at radius 1 is 1.13 bits per heavy atom. The molecule has 1 aliphatic heterocycles. The molecule has 23 heavy (non-hydrogen) atoms. The molecule has 0 amide bonds. The van der Waals surface area contributed by atoms with Gasteiger partial charge in [-0.15, -0.1) is 0 Å². The molecule has 3 rings (SSSR count). The molecule has 1 fully saturated rings. The summed E-state index contributed by atoms with van der Waals surface area (Å²) < 4.78 is 11.4. The van der Waals surface area contributed by atoms with Gasteiger partial charge in [0.2, 0.25) is 0 Å². The fraction of sp³-hybridized carbons (Fsp3) is 0.368. The summed E-state index contributed by atoms with van der Waals surface area (Å²) in [5.41, 5.74) is 2.55. The maximum absolute atomic E-state index is 11.4. The van der Waals surface area contributed by atoms with Crippen LogP contribution in [0.3, 0.4) is 0 Å². The van der Waals surface area contributed by atoms with Crippen molar-refractivity contribution in [2.45, 2.75) is 36.9 Å². The summed E-state index contributed by atoms with van der Waals surface area (Å²) in [6.07, 6.45) is 2.87. The molecule has 2 aromatic carbocycles. The number of rotatable bonds is 5. The molecule has 0 unspecified atom stereocenters. The van der Waals surface area contributed by atoms with E-state index in [0.29, 0.717) is 12.1 Å². The van der Waals surface area contributed by atoms with Crippen molar-refractivity contribution in [1.82, 2.24) is 5.32 Å².